The second kappa shape index (κ2) is 12.7. The summed E-state index contributed by atoms with van der Waals surface area (Å²) >= 11 is 0. The normalized spacial score (nSPS) is 32.9. The van der Waals surface area contributed by atoms with E-state index < -0.39 is 85.8 Å². The van der Waals surface area contributed by atoms with Crippen molar-refractivity contribution >= 4 is 11.0 Å². The van der Waals surface area contributed by atoms with Gasteiger partial charge in [-0.15, -0.1) is 0 Å². The maximum absolute atomic E-state index is 12.8. The van der Waals surface area contributed by atoms with Crippen molar-refractivity contribution in [3.05, 3.63) is 52.7 Å². The highest BCUT2D eigenvalue weighted by Crippen LogP contribution is 2.34. The molecule has 15 nitrogen and oxygen atoms in total. The van der Waals surface area contributed by atoms with Crippen molar-refractivity contribution in [2.75, 3.05) is 20.3 Å². The molecule has 2 fully saturated rings. The molecule has 8 N–H and O–H groups in total. The van der Waals surface area contributed by atoms with Gasteiger partial charge in [-0.3, -0.25) is 4.79 Å². The molecule has 10 atom stereocenters. The van der Waals surface area contributed by atoms with Crippen LogP contribution in [0.4, 0.5) is 0 Å². The van der Waals surface area contributed by atoms with Gasteiger partial charge in [0, 0.05) is 23.8 Å². The van der Waals surface area contributed by atoms with Gasteiger partial charge in [-0.1, -0.05) is 0 Å². The molecule has 0 spiro atoms. The molecule has 0 amide bonds. The van der Waals surface area contributed by atoms with Gasteiger partial charge in [-0.05, 0) is 24.3 Å². The van der Waals surface area contributed by atoms with Crippen LogP contribution in [-0.2, 0) is 14.2 Å². The van der Waals surface area contributed by atoms with Gasteiger partial charge in [0.25, 0.3) is 0 Å². The van der Waals surface area contributed by atoms with E-state index in [-0.39, 0.29) is 22.5 Å². The molecular weight excluding hydrogens is 576 g/mol. The summed E-state index contributed by atoms with van der Waals surface area (Å²) in [5, 5.41) is 81.7. The summed E-state index contributed by atoms with van der Waals surface area (Å²) in [7, 11) is 1.51. The topological polar surface area (TPSA) is 238 Å². The van der Waals surface area contributed by atoms with Gasteiger partial charge < -0.3 is 69.0 Å². The number of fused-ring (bicyclic) bond motifs is 1. The number of ether oxygens (including phenoxy) is 5. The quantitative estimate of drug-likeness (QED) is 0.140. The highest BCUT2D eigenvalue weighted by molar-refractivity contribution is 5.86. The molecule has 3 heterocycles. The first-order valence-corrected chi connectivity index (χ1v) is 13.3. The Labute approximate surface area is 243 Å². The first-order valence-electron chi connectivity index (χ1n) is 13.3. The number of aliphatic hydroxyl groups excluding tert-OH is 7. The van der Waals surface area contributed by atoms with E-state index in [1.165, 1.54) is 19.2 Å². The van der Waals surface area contributed by atoms with E-state index in [0.29, 0.717) is 11.3 Å². The summed E-state index contributed by atoms with van der Waals surface area (Å²) < 4.78 is 33.1. The van der Waals surface area contributed by atoms with E-state index in [0.717, 1.165) is 6.07 Å². The number of aromatic hydroxyl groups is 1. The predicted molar refractivity (Wildman–Crippen MR) is 143 cm³/mol. The Bertz CT molecular complexity index is 1460. The lowest BCUT2D eigenvalue weighted by molar-refractivity contribution is -0.352. The van der Waals surface area contributed by atoms with Crippen molar-refractivity contribution in [3.63, 3.8) is 0 Å². The molecule has 0 bridgehead atoms. The lowest BCUT2D eigenvalue weighted by Gasteiger charge is -2.45. The van der Waals surface area contributed by atoms with Crippen LogP contribution in [0, 0.1) is 0 Å². The number of aliphatic hydroxyl groups is 7. The largest absolute Gasteiger partial charge is 0.507 e. The molecule has 0 unspecified atom stereocenters. The van der Waals surface area contributed by atoms with Crippen molar-refractivity contribution in [3.8, 4) is 28.6 Å². The van der Waals surface area contributed by atoms with Gasteiger partial charge in [-0.25, -0.2) is 0 Å². The number of benzene rings is 2. The Morgan fingerprint density at radius 1 is 0.767 bits per heavy atom. The van der Waals surface area contributed by atoms with Crippen LogP contribution in [0.2, 0.25) is 0 Å². The van der Waals surface area contributed by atoms with Crippen LogP contribution in [0.1, 0.15) is 0 Å². The summed E-state index contributed by atoms with van der Waals surface area (Å²) in [6.45, 7) is -1.49. The Morgan fingerprint density at radius 2 is 1.42 bits per heavy atom. The molecule has 2 aliphatic heterocycles. The van der Waals surface area contributed by atoms with Crippen LogP contribution in [-0.4, -0.2) is 123 Å². The first kappa shape index (κ1) is 31.1. The zero-order valence-electron chi connectivity index (χ0n) is 22.7. The smallest absolute Gasteiger partial charge is 0.229 e. The van der Waals surface area contributed by atoms with E-state index in [1.807, 2.05) is 0 Å². The summed E-state index contributed by atoms with van der Waals surface area (Å²) in [5.41, 5.74) is -0.0354. The number of hydrogen-bond acceptors (Lipinski definition) is 15. The van der Waals surface area contributed by atoms with Gasteiger partial charge in [0.2, 0.25) is 6.29 Å². The molecule has 43 heavy (non-hydrogen) atoms. The minimum absolute atomic E-state index is 0.0540. The zero-order chi connectivity index (χ0) is 31.0. The monoisotopic (exact) mass is 608 g/mol. The van der Waals surface area contributed by atoms with Crippen LogP contribution >= 0.6 is 0 Å². The fourth-order valence-electron chi connectivity index (χ4n) is 5.00. The zero-order valence-corrected chi connectivity index (χ0v) is 22.7. The highest BCUT2D eigenvalue weighted by atomic mass is 16.7. The lowest BCUT2D eigenvalue weighted by atomic mass is 9.97. The molecule has 1 aromatic heterocycles. The molecule has 2 aliphatic rings. The van der Waals surface area contributed by atoms with Crippen molar-refractivity contribution in [2.45, 2.75) is 61.4 Å². The second-order valence-electron chi connectivity index (χ2n) is 10.1. The third kappa shape index (κ3) is 6.05. The number of rotatable bonds is 8. The number of phenolic OH excluding ortho intramolecular Hbond substituents is 1. The van der Waals surface area contributed by atoms with Crippen molar-refractivity contribution < 1.29 is 69.0 Å². The maximum Gasteiger partial charge on any atom is 0.229 e. The third-order valence-corrected chi connectivity index (χ3v) is 7.37. The minimum Gasteiger partial charge on any atom is -0.507 e. The van der Waals surface area contributed by atoms with E-state index in [1.54, 1.807) is 24.3 Å². The van der Waals surface area contributed by atoms with Gasteiger partial charge in [-0.2, -0.15) is 0 Å². The average Bonchev–Trinajstić information content (AvgIpc) is 3.00. The Hall–Kier alpha value is -3.35. The Balaban J connectivity index is 1.36. The average molecular weight is 609 g/mol. The SMILES string of the molecule is COc1ccc(-c2cc(=O)c3c(O)cc(O[C@@H]4O[C@H](CO)[C@@H](O[C@@H]5O[C@H](CO)[C@H](O)[C@H](O)[C@H]5O)[C@H](O)[C@H]4O)cc3o2)cc1. The van der Waals surface area contributed by atoms with Crippen LogP contribution in [0.25, 0.3) is 22.3 Å². The Morgan fingerprint density at radius 3 is 2.07 bits per heavy atom. The van der Waals surface area contributed by atoms with Crippen molar-refractivity contribution in [2.24, 2.45) is 0 Å². The summed E-state index contributed by atoms with van der Waals surface area (Å²) in [4.78, 5) is 12.8. The van der Waals surface area contributed by atoms with E-state index in [9.17, 15) is 45.6 Å². The summed E-state index contributed by atoms with van der Waals surface area (Å²) in [6.07, 6.45) is -16.4. The fraction of sp³-hybridized carbons (Fsp3) is 0.464. The molecule has 3 aromatic rings. The summed E-state index contributed by atoms with van der Waals surface area (Å²) in [5.74, 6) is 0.169. The molecular formula is C28H32O15. The maximum atomic E-state index is 12.8. The molecule has 15 heteroatoms. The van der Waals surface area contributed by atoms with Gasteiger partial charge in [0.1, 0.15) is 82.8 Å². The number of hydrogen-bond donors (Lipinski definition) is 8. The van der Waals surface area contributed by atoms with Gasteiger partial charge in [0.05, 0.1) is 20.3 Å². The molecule has 2 aromatic carbocycles. The second-order valence-corrected chi connectivity index (χ2v) is 10.1. The molecule has 0 saturated carbocycles. The fourth-order valence-corrected chi connectivity index (χ4v) is 5.00. The van der Waals surface area contributed by atoms with Crippen LogP contribution < -0.4 is 14.9 Å². The van der Waals surface area contributed by atoms with E-state index in [2.05, 4.69) is 0 Å². The van der Waals surface area contributed by atoms with Gasteiger partial charge in [0.15, 0.2) is 11.7 Å². The lowest BCUT2D eigenvalue weighted by Crippen LogP contribution is -2.65. The molecule has 2 saturated heterocycles. The number of phenols is 1. The van der Waals surface area contributed by atoms with Crippen molar-refractivity contribution in [1.29, 1.82) is 0 Å². The van der Waals surface area contributed by atoms with E-state index >= 15 is 0 Å². The predicted octanol–water partition coefficient (Wildman–Crippen LogP) is -1.82. The molecule has 234 valence electrons. The van der Waals surface area contributed by atoms with Gasteiger partial charge >= 0.3 is 0 Å². The molecule has 0 aliphatic carbocycles. The molecule has 5 rings (SSSR count). The summed E-state index contributed by atoms with van der Waals surface area (Å²) in [6, 6.07) is 10.3. The Kier molecular flexibility index (Phi) is 9.19. The third-order valence-electron chi connectivity index (χ3n) is 7.37. The van der Waals surface area contributed by atoms with Crippen LogP contribution in [0.3, 0.4) is 0 Å². The van der Waals surface area contributed by atoms with Crippen LogP contribution in [0.15, 0.2) is 51.7 Å². The van der Waals surface area contributed by atoms with E-state index in [4.69, 9.17) is 28.1 Å². The van der Waals surface area contributed by atoms with Crippen LogP contribution in [0.5, 0.6) is 17.2 Å². The standard InChI is InChI=1S/C28H32O15/c1-38-12-4-2-11(3-5-12)16-8-15(32)20-14(31)6-13(7-17(20)40-16)39-27-25(37)23(35)26(19(10-30)42-27)43-28-24(36)22(34)21(33)18(9-29)41-28/h2-8,18-19,21-31,33-37H,9-10H2,1H3/t18-,19-,21+,22+,23-,24-,25-,26-,27-,28+/m1/s1. The number of methoxy groups -OCH3 is 1. The minimum atomic E-state index is -1.83. The van der Waals surface area contributed by atoms with Crippen molar-refractivity contribution in [1.82, 2.24) is 0 Å². The highest BCUT2D eigenvalue weighted by Gasteiger charge is 2.51. The molecule has 0 radical (unpaired) electrons. The first-order chi connectivity index (χ1) is 20.6.